The molecule has 3 aliphatic rings. The number of carbonyl (C=O) groups excluding carboxylic acids is 1. The number of nitrogens with zero attached hydrogens (tertiary/aromatic N) is 3. The molecule has 0 aromatic rings. The van der Waals surface area contributed by atoms with Crippen molar-refractivity contribution < 1.29 is 14.5 Å². The number of hydrogen-bond acceptors (Lipinski definition) is 4. The van der Waals surface area contributed by atoms with Crippen LogP contribution >= 0.6 is 0 Å². The van der Waals surface area contributed by atoms with Crippen LogP contribution in [0.1, 0.15) is 33.1 Å². The molecule has 0 bridgehead atoms. The van der Waals surface area contributed by atoms with Crippen LogP contribution in [0, 0.1) is 0 Å². The van der Waals surface area contributed by atoms with Crippen molar-refractivity contribution in [3.63, 3.8) is 0 Å². The number of amidine groups is 1. The summed E-state index contributed by atoms with van der Waals surface area (Å²) in [4.78, 5) is 13.4. The maximum absolute atomic E-state index is 11.4. The Bertz CT molecular complexity index is 525. The molecule has 3 heterocycles. The standard InChI is InChI=1S/C14H19N3O2/c1-10-8-11(2)16-9-17(6-4-3-5-7-17)15-13(16)12(10)14(18)19/h8H,3-7,9H2,1-2H3. The minimum atomic E-state index is -1.12. The van der Waals surface area contributed by atoms with Gasteiger partial charge in [0.25, 0.3) is 0 Å². The van der Waals surface area contributed by atoms with Crippen molar-refractivity contribution in [2.24, 2.45) is 5.10 Å². The van der Waals surface area contributed by atoms with Crippen LogP contribution in [0.5, 0.6) is 0 Å². The molecule has 0 saturated carbocycles. The number of allylic oxidation sites excluding steroid dienone is 3. The number of quaternary nitrogens is 1. The van der Waals surface area contributed by atoms with E-state index < -0.39 is 5.97 Å². The summed E-state index contributed by atoms with van der Waals surface area (Å²) in [5.74, 6) is -0.526. The second kappa shape index (κ2) is 4.20. The largest absolute Gasteiger partial charge is 0.545 e. The number of carboxylic acid groups (broad SMARTS) is 1. The van der Waals surface area contributed by atoms with Gasteiger partial charge in [-0.3, -0.25) is 4.90 Å². The lowest BCUT2D eigenvalue weighted by atomic mass is 10.0. The van der Waals surface area contributed by atoms with Gasteiger partial charge in [-0.05, 0) is 44.8 Å². The van der Waals surface area contributed by atoms with Crippen LogP contribution < -0.4 is 5.11 Å². The summed E-state index contributed by atoms with van der Waals surface area (Å²) in [5, 5.41) is 16.1. The molecule has 0 radical (unpaired) electrons. The summed E-state index contributed by atoms with van der Waals surface area (Å²) < 4.78 is 0.657. The lowest BCUT2D eigenvalue weighted by Gasteiger charge is -2.33. The van der Waals surface area contributed by atoms with E-state index in [4.69, 9.17) is 5.10 Å². The molecule has 102 valence electrons. The number of piperidine rings is 1. The molecule has 0 unspecified atom stereocenters. The van der Waals surface area contributed by atoms with Crippen LogP contribution in [0.3, 0.4) is 0 Å². The van der Waals surface area contributed by atoms with Gasteiger partial charge in [-0.2, -0.15) is 4.59 Å². The Kier molecular flexibility index (Phi) is 2.74. The van der Waals surface area contributed by atoms with Gasteiger partial charge < -0.3 is 9.90 Å². The maximum atomic E-state index is 11.4. The van der Waals surface area contributed by atoms with Crippen molar-refractivity contribution in [2.45, 2.75) is 33.1 Å². The van der Waals surface area contributed by atoms with Gasteiger partial charge in [-0.25, -0.2) is 0 Å². The molecule has 1 saturated heterocycles. The maximum Gasteiger partial charge on any atom is 0.202 e. The summed E-state index contributed by atoms with van der Waals surface area (Å²) >= 11 is 0. The quantitative estimate of drug-likeness (QED) is 0.648. The second-order valence-electron chi connectivity index (χ2n) is 5.73. The van der Waals surface area contributed by atoms with Gasteiger partial charge >= 0.3 is 0 Å². The highest BCUT2D eigenvalue weighted by molar-refractivity contribution is 6.19. The van der Waals surface area contributed by atoms with E-state index in [1.165, 1.54) is 6.42 Å². The molecule has 0 N–H and O–H groups in total. The predicted molar refractivity (Wildman–Crippen MR) is 69.5 cm³/mol. The first kappa shape index (κ1) is 12.4. The predicted octanol–water partition coefficient (Wildman–Crippen LogP) is 0.557. The van der Waals surface area contributed by atoms with Gasteiger partial charge in [0.15, 0.2) is 6.67 Å². The first-order valence-corrected chi connectivity index (χ1v) is 6.87. The number of rotatable bonds is 1. The number of fused-ring (bicyclic) bond motifs is 1. The molecule has 5 heteroatoms. The molecule has 3 aliphatic heterocycles. The molecular formula is C14H19N3O2. The zero-order valence-corrected chi connectivity index (χ0v) is 11.5. The minimum Gasteiger partial charge on any atom is -0.545 e. The van der Waals surface area contributed by atoms with Crippen LogP contribution in [-0.4, -0.2) is 41.1 Å². The molecule has 0 atom stereocenters. The summed E-state index contributed by atoms with van der Waals surface area (Å²) in [5.41, 5.74) is 2.07. The average molecular weight is 261 g/mol. The SMILES string of the molecule is CC1=CC(C)=C(C(=O)[O-])C2=N[N+]3(CCCCC3)CN12. The highest BCUT2D eigenvalue weighted by Gasteiger charge is 2.43. The molecule has 19 heavy (non-hydrogen) atoms. The van der Waals surface area contributed by atoms with Gasteiger partial charge in [0, 0.05) is 11.3 Å². The lowest BCUT2D eigenvalue weighted by molar-refractivity contribution is -0.939. The van der Waals surface area contributed by atoms with Crippen molar-refractivity contribution in [1.82, 2.24) is 4.90 Å². The second-order valence-corrected chi connectivity index (χ2v) is 5.73. The van der Waals surface area contributed by atoms with Gasteiger partial charge in [0.05, 0.1) is 5.97 Å². The Balaban J connectivity index is 2.05. The Labute approximate surface area is 113 Å². The first-order chi connectivity index (χ1) is 9.02. The van der Waals surface area contributed by atoms with E-state index in [9.17, 15) is 9.90 Å². The summed E-state index contributed by atoms with van der Waals surface area (Å²) in [6, 6.07) is 0. The lowest BCUT2D eigenvalue weighted by Crippen LogP contribution is -2.48. The summed E-state index contributed by atoms with van der Waals surface area (Å²) in [7, 11) is 0. The average Bonchev–Trinajstić information content (AvgIpc) is 2.69. The number of aliphatic carboxylic acids is 1. The molecule has 5 nitrogen and oxygen atoms in total. The molecule has 1 fully saturated rings. The third kappa shape index (κ3) is 1.89. The fourth-order valence-electron chi connectivity index (χ4n) is 3.31. The fourth-order valence-corrected chi connectivity index (χ4v) is 3.31. The third-order valence-electron chi connectivity index (χ3n) is 4.29. The molecule has 1 spiro atoms. The first-order valence-electron chi connectivity index (χ1n) is 6.87. The van der Waals surface area contributed by atoms with E-state index in [2.05, 4.69) is 0 Å². The zero-order chi connectivity index (χ0) is 13.6. The van der Waals surface area contributed by atoms with Crippen molar-refractivity contribution in [3.05, 3.63) is 22.9 Å². The van der Waals surface area contributed by atoms with Crippen LogP contribution in [0.4, 0.5) is 0 Å². The molecule has 0 amide bonds. The van der Waals surface area contributed by atoms with Crippen molar-refractivity contribution in [1.29, 1.82) is 0 Å². The smallest absolute Gasteiger partial charge is 0.202 e. The number of carboxylic acids is 1. The molecular weight excluding hydrogens is 242 g/mol. The van der Waals surface area contributed by atoms with Crippen LogP contribution in [-0.2, 0) is 4.79 Å². The van der Waals surface area contributed by atoms with E-state index in [0.29, 0.717) is 10.4 Å². The number of carbonyl (C=O) groups is 1. The topological polar surface area (TPSA) is 55.7 Å². The normalized spacial score (nSPS) is 25.3. The summed E-state index contributed by atoms with van der Waals surface area (Å²) in [6.07, 6.45) is 5.49. The highest BCUT2D eigenvalue weighted by atomic mass is 16.4. The Morgan fingerprint density at radius 3 is 2.63 bits per heavy atom. The van der Waals surface area contributed by atoms with E-state index in [0.717, 1.165) is 43.9 Å². The van der Waals surface area contributed by atoms with E-state index in [1.54, 1.807) is 0 Å². The fraction of sp³-hybridized carbons (Fsp3) is 0.571. The van der Waals surface area contributed by atoms with E-state index in [1.807, 2.05) is 24.8 Å². The van der Waals surface area contributed by atoms with E-state index in [-0.39, 0.29) is 5.57 Å². The van der Waals surface area contributed by atoms with Gasteiger partial charge in [0.2, 0.25) is 5.84 Å². The Hall–Kier alpha value is -1.62. The van der Waals surface area contributed by atoms with Crippen LogP contribution in [0.2, 0.25) is 0 Å². The Morgan fingerprint density at radius 1 is 1.32 bits per heavy atom. The highest BCUT2D eigenvalue weighted by Crippen LogP contribution is 2.33. The monoisotopic (exact) mass is 261 g/mol. The van der Waals surface area contributed by atoms with Crippen molar-refractivity contribution in [3.8, 4) is 0 Å². The molecule has 0 aliphatic carbocycles. The third-order valence-corrected chi connectivity index (χ3v) is 4.29. The van der Waals surface area contributed by atoms with E-state index >= 15 is 0 Å². The molecule has 0 aromatic carbocycles. The van der Waals surface area contributed by atoms with Gasteiger partial charge in [0.1, 0.15) is 13.1 Å². The van der Waals surface area contributed by atoms with Crippen LogP contribution in [0.15, 0.2) is 28.0 Å². The van der Waals surface area contributed by atoms with Crippen molar-refractivity contribution >= 4 is 11.8 Å². The van der Waals surface area contributed by atoms with Gasteiger partial charge in [-0.15, -0.1) is 0 Å². The van der Waals surface area contributed by atoms with Crippen LogP contribution in [0.25, 0.3) is 0 Å². The van der Waals surface area contributed by atoms with Gasteiger partial charge in [-0.1, -0.05) is 5.10 Å². The molecule has 0 aromatic heterocycles. The minimum absolute atomic E-state index is 0.256. The zero-order valence-electron chi connectivity index (χ0n) is 11.5. The molecule has 3 rings (SSSR count). The number of hydrogen-bond donors (Lipinski definition) is 0. The Morgan fingerprint density at radius 2 is 2.00 bits per heavy atom. The summed E-state index contributed by atoms with van der Waals surface area (Å²) in [6.45, 7) is 6.60. The van der Waals surface area contributed by atoms with Crippen molar-refractivity contribution in [2.75, 3.05) is 19.8 Å².